The Morgan fingerprint density at radius 2 is 2.10 bits per heavy atom. The van der Waals surface area contributed by atoms with Crippen LogP contribution in [0.3, 0.4) is 0 Å². The number of nitrogen functional groups attached to an aromatic ring is 1. The highest BCUT2D eigenvalue weighted by Crippen LogP contribution is 2.25. The molecule has 1 aliphatic heterocycles. The van der Waals surface area contributed by atoms with Crippen molar-refractivity contribution in [3.05, 3.63) is 18.2 Å². The second-order valence-electron chi connectivity index (χ2n) is 4.63. The normalized spacial score (nSPS) is 21.8. The maximum Gasteiger partial charge on any atom is 0.240 e. The number of nitrogens with one attached hydrogen (secondary N) is 1. The highest BCUT2D eigenvalue weighted by molar-refractivity contribution is 7.92. The molecule has 9 heteroatoms. The Labute approximate surface area is 118 Å². The van der Waals surface area contributed by atoms with Crippen LogP contribution in [0.1, 0.15) is 6.42 Å². The first kappa shape index (κ1) is 15.1. The summed E-state index contributed by atoms with van der Waals surface area (Å²) in [5.41, 5.74) is 5.87. The van der Waals surface area contributed by atoms with Crippen molar-refractivity contribution < 1.29 is 21.6 Å². The number of benzene rings is 1. The highest BCUT2D eigenvalue weighted by Gasteiger charge is 2.31. The SMILES string of the molecule is COc1ccc(S(=O)(=O)NC2CCS(=O)(=O)C2)cc1N. The van der Waals surface area contributed by atoms with Gasteiger partial charge in [-0.1, -0.05) is 0 Å². The first-order chi connectivity index (χ1) is 9.23. The van der Waals surface area contributed by atoms with E-state index in [0.29, 0.717) is 5.75 Å². The lowest BCUT2D eigenvalue weighted by Gasteiger charge is -2.13. The summed E-state index contributed by atoms with van der Waals surface area (Å²) in [7, 11) is -5.50. The topological polar surface area (TPSA) is 116 Å². The van der Waals surface area contributed by atoms with Gasteiger partial charge in [0.15, 0.2) is 9.84 Å². The van der Waals surface area contributed by atoms with Gasteiger partial charge in [0.1, 0.15) is 5.75 Å². The number of rotatable bonds is 4. The van der Waals surface area contributed by atoms with Crippen LogP contribution in [0.2, 0.25) is 0 Å². The van der Waals surface area contributed by atoms with Crippen LogP contribution < -0.4 is 15.2 Å². The first-order valence-electron chi connectivity index (χ1n) is 5.90. The Morgan fingerprint density at radius 1 is 1.40 bits per heavy atom. The lowest BCUT2D eigenvalue weighted by atomic mass is 10.3. The Morgan fingerprint density at radius 3 is 2.60 bits per heavy atom. The van der Waals surface area contributed by atoms with Crippen LogP contribution in [0, 0.1) is 0 Å². The van der Waals surface area contributed by atoms with Crippen LogP contribution in [0.25, 0.3) is 0 Å². The molecular weight excluding hydrogens is 304 g/mol. The van der Waals surface area contributed by atoms with Gasteiger partial charge in [0.2, 0.25) is 10.0 Å². The summed E-state index contributed by atoms with van der Waals surface area (Å²) in [5, 5.41) is 0. The van der Waals surface area contributed by atoms with Crippen LogP contribution in [0.15, 0.2) is 23.1 Å². The lowest BCUT2D eigenvalue weighted by molar-refractivity contribution is 0.416. The van der Waals surface area contributed by atoms with Crippen LogP contribution in [0.4, 0.5) is 5.69 Å². The Balaban J connectivity index is 2.21. The third-order valence-corrected chi connectivity index (χ3v) is 6.35. The summed E-state index contributed by atoms with van der Waals surface area (Å²) in [6, 6.07) is 3.51. The number of methoxy groups -OCH3 is 1. The molecule has 1 saturated heterocycles. The second-order valence-corrected chi connectivity index (χ2v) is 8.57. The van der Waals surface area contributed by atoms with E-state index in [0.717, 1.165) is 0 Å². The van der Waals surface area contributed by atoms with Crippen molar-refractivity contribution >= 4 is 25.5 Å². The average molecular weight is 320 g/mol. The molecule has 1 aromatic carbocycles. The summed E-state index contributed by atoms with van der Waals surface area (Å²) < 4.78 is 54.3. The van der Waals surface area contributed by atoms with Crippen molar-refractivity contribution in [2.75, 3.05) is 24.3 Å². The van der Waals surface area contributed by atoms with E-state index in [1.54, 1.807) is 0 Å². The third-order valence-electron chi connectivity index (χ3n) is 3.07. The van der Waals surface area contributed by atoms with Gasteiger partial charge in [-0.3, -0.25) is 0 Å². The molecule has 0 radical (unpaired) electrons. The highest BCUT2D eigenvalue weighted by atomic mass is 32.2. The Hall–Kier alpha value is -1.32. The van der Waals surface area contributed by atoms with Gasteiger partial charge >= 0.3 is 0 Å². The van der Waals surface area contributed by atoms with E-state index in [2.05, 4.69) is 4.72 Å². The smallest absolute Gasteiger partial charge is 0.240 e. The van der Waals surface area contributed by atoms with Crippen LogP contribution in [-0.4, -0.2) is 41.5 Å². The molecule has 7 nitrogen and oxygen atoms in total. The molecule has 1 fully saturated rings. The van der Waals surface area contributed by atoms with E-state index in [1.165, 1.54) is 25.3 Å². The van der Waals surface area contributed by atoms with Crippen LogP contribution in [0.5, 0.6) is 5.75 Å². The van der Waals surface area contributed by atoms with Gasteiger partial charge in [-0.25, -0.2) is 21.6 Å². The molecule has 20 heavy (non-hydrogen) atoms. The molecule has 1 atom stereocenters. The van der Waals surface area contributed by atoms with Gasteiger partial charge < -0.3 is 10.5 Å². The third kappa shape index (κ3) is 3.22. The summed E-state index contributed by atoms with van der Waals surface area (Å²) in [6.07, 6.45) is 0.285. The van der Waals surface area contributed by atoms with Crippen molar-refractivity contribution in [1.82, 2.24) is 4.72 Å². The van der Waals surface area contributed by atoms with E-state index in [4.69, 9.17) is 10.5 Å². The fraction of sp³-hybridized carbons (Fsp3) is 0.455. The molecule has 0 saturated carbocycles. The fourth-order valence-electron chi connectivity index (χ4n) is 2.06. The first-order valence-corrected chi connectivity index (χ1v) is 9.20. The zero-order chi connectivity index (χ0) is 15.0. The number of hydrogen-bond acceptors (Lipinski definition) is 6. The van der Waals surface area contributed by atoms with Crippen molar-refractivity contribution in [1.29, 1.82) is 0 Å². The van der Waals surface area contributed by atoms with Gasteiger partial charge in [0.05, 0.1) is 29.2 Å². The standard InChI is InChI=1S/C11H16N2O5S2/c1-18-11-3-2-9(6-10(11)12)20(16,17)13-8-4-5-19(14,15)7-8/h2-3,6,8,13H,4-5,7,12H2,1H3. The molecule has 0 amide bonds. The molecule has 1 heterocycles. The van der Waals surface area contributed by atoms with E-state index in [-0.39, 0.29) is 28.5 Å². The van der Waals surface area contributed by atoms with Gasteiger partial charge in [-0.05, 0) is 24.6 Å². The maximum absolute atomic E-state index is 12.1. The van der Waals surface area contributed by atoms with Crippen molar-refractivity contribution in [3.63, 3.8) is 0 Å². The number of nitrogens with two attached hydrogens (primary N) is 1. The molecule has 2 rings (SSSR count). The van der Waals surface area contributed by atoms with Crippen LogP contribution >= 0.6 is 0 Å². The summed E-state index contributed by atoms with van der Waals surface area (Å²) in [4.78, 5) is -0.0138. The van der Waals surface area contributed by atoms with E-state index < -0.39 is 25.9 Å². The van der Waals surface area contributed by atoms with E-state index in [1.807, 2.05) is 0 Å². The van der Waals surface area contributed by atoms with E-state index in [9.17, 15) is 16.8 Å². The van der Waals surface area contributed by atoms with Gasteiger partial charge in [-0.15, -0.1) is 0 Å². The Bertz CT molecular complexity index is 712. The summed E-state index contributed by atoms with van der Waals surface area (Å²) >= 11 is 0. The van der Waals surface area contributed by atoms with Crippen molar-refractivity contribution in [2.45, 2.75) is 17.4 Å². The van der Waals surface area contributed by atoms with Crippen molar-refractivity contribution in [3.8, 4) is 5.75 Å². The molecule has 0 aliphatic carbocycles. The summed E-state index contributed by atoms with van der Waals surface area (Å²) in [6.45, 7) is 0. The summed E-state index contributed by atoms with van der Waals surface area (Å²) in [5.74, 6) is 0.218. The molecule has 0 bridgehead atoms. The molecule has 1 aromatic rings. The molecule has 0 aromatic heterocycles. The molecular formula is C11H16N2O5S2. The number of ether oxygens (including phenoxy) is 1. The number of sulfonamides is 1. The lowest BCUT2D eigenvalue weighted by Crippen LogP contribution is -2.35. The van der Waals surface area contributed by atoms with Crippen LogP contribution in [-0.2, 0) is 19.9 Å². The van der Waals surface area contributed by atoms with Gasteiger partial charge in [-0.2, -0.15) is 0 Å². The van der Waals surface area contributed by atoms with E-state index >= 15 is 0 Å². The number of anilines is 1. The van der Waals surface area contributed by atoms with Gasteiger partial charge in [0, 0.05) is 6.04 Å². The maximum atomic E-state index is 12.1. The zero-order valence-electron chi connectivity index (χ0n) is 10.9. The predicted molar refractivity (Wildman–Crippen MR) is 74.8 cm³/mol. The average Bonchev–Trinajstić information content (AvgIpc) is 2.67. The monoisotopic (exact) mass is 320 g/mol. The quantitative estimate of drug-likeness (QED) is 0.739. The largest absolute Gasteiger partial charge is 0.495 e. The molecule has 3 N–H and O–H groups in total. The molecule has 0 spiro atoms. The fourth-order valence-corrected chi connectivity index (χ4v) is 5.14. The minimum atomic E-state index is -3.79. The van der Waals surface area contributed by atoms with Crippen molar-refractivity contribution in [2.24, 2.45) is 0 Å². The number of hydrogen-bond donors (Lipinski definition) is 2. The second kappa shape index (κ2) is 5.23. The predicted octanol–water partition coefficient (Wildman–Crippen LogP) is -0.257. The number of sulfone groups is 1. The zero-order valence-corrected chi connectivity index (χ0v) is 12.5. The molecule has 1 unspecified atom stereocenters. The Kier molecular flexibility index (Phi) is 3.94. The van der Waals surface area contributed by atoms with Gasteiger partial charge in [0.25, 0.3) is 0 Å². The molecule has 1 aliphatic rings. The minimum Gasteiger partial charge on any atom is -0.495 e. The molecule has 112 valence electrons. The minimum absolute atomic E-state index is 0.00490.